The molecule has 142 valence electrons. The number of hydrogen-bond donors (Lipinski definition) is 2. The summed E-state index contributed by atoms with van der Waals surface area (Å²) in [6.07, 6.45) is 0. The summed E-state index contributed by atoms with van der Waals surface area (Å²) >= 11 is 6.10. The Labute approximate surface area is 166 Å². The smallest absolute Gasteiger partial charge is 0.274 e. The lowest BCUT2D eigenvalue weighted by Gasteiger charge is -2.19. The van der Waals surface area contributed by atoms with Gasteiger partial charge in [-0.3, -0.25) is 4.79 Å². The average Bonchev–Trinajstić information content (AvgIpc) is 2.69. The summed E-state index contributed by atoms with van der Waals surface area (Å²) in [7, 11) is 0. The first-order valence-electron chi connectivity index (χ1n) is 8.67. The zero-order chi connectivity index (χ0) is 19.5. The Hall–Kier alpha value is -3.32. The first-order chi connectivity index (χ1) is 13.6. The lowest BCUT2D eigenvalue weighted by atomic mass is 10.2. The molecule has 0 saturated heterocycles. The predicted octanol–water partition coefficient (Wildman–Crippen LogP) is 4.21. The van der Waals surface area contributed by atoms with E-state index >= 15 is 0 Å². The molecule has 0 saturated carbocycles. The van der Waals surface area contributed by atoms with Crippen molar-refractivity contribution in [3.8, 4) is 11.5 Å². The second-order valence-electron chi connectivity index (χ2n) is 6.10. The number of nitrogens with one attached hydrogen (secondary N) is 2. The van der Waals surface area contributed by atoms with Crippen LogP contribution in [0.5, 0.6) is 11.5 Å². The van der Waals surface area contributed by atoms with Crippen LogP contribution >= 0.6 is 11.6 Å². The third-order valence-electron chi connectivity index (χ3n) is 4.01. The molecule has 2 N–H and O–H groups in total. The van der Waals surface area contributed by atoms with Gasteiger partial charge < -0.3 is 20.1 Å². The number of amides is 1. The highest BCUT2D eigenvalue weighted by atomic mass is 35.5. The zero-order valence-corrected chi connectivity index (χ0v) is 15.8. The molecule has 3 aromatic rings. The summed E-state index contributed by atoms with van der Waals surface area (Å²) in [5, 5.41) is 6.39. The number of para-hydroxylation sites is 1. The molecule has 0 spiro atoms. The molecule has 1 aliphatic heterocycles. The van der Waals surface area contributed by atoms with Crippen molar-refractivity contribution in [3.05, 3.63) is 65.1 Å². The van der Waals surface area contributed by atoms with Gasteiger partial charge in [-0.15, -0.1) is 0 Å². The molecule has 0 bridgehead atoms. The van der Waals surface area contributed by atoms with Gasteiger partial charge in [-0.1, -0.05) is 23.7 Å². The number of carbonyl (C=O) groups excluding carboxylic acids is 1. The Morgan fingerprint density at radius 2 is 1.82 bits per heavy atom. The summed E-state index contributed by atoms with van der Waals surface area (Å²) in [5.41, 5.74) is 1.51. The van der Waals surface area contributed by atoms with Gasteiger partial charge in [-0.25, -0.2) is 9.97 Å². The number of ether oxygens (including phenoxy) is 2. The summed E-state index contributed by atoms with van der Waals surface area (Å²) in [6, 6.07) is 14.1. The lowest BCUT2D eigenvalue weighted by molar-refractivity contribution is 0.102. The Bertz CT molecular complexity index is 1040. The van der Waals surface area contributed by atoms with E-state index in [0.29, 0.717) is 47.1 Å². The third-order valence-corrected chi connectivity index (χ3v) is 4.34. The number of hydrogen-bond acceptors (Lipinski definition) is 6. The first kappa shape index (κ1) is 18.1. The van der Waals surface area contributed by atoms with E-state index in [1.807, 2.05) is 18.2 Å². The maximum atomic E-state index is 12.6. The van der Waals surface area contributed by atoms with Gasteiger partial charge in [-0.2, -0.15) is 0 Å². The SMILES string of the molecule is Cc1nc(Nc2ccc3c(c2)OCCO3)cc(C(=O)Nc2ccccc2Cl)n1. The quantitative estimate of drug-likeness (QED) is 0.687. The highest BCUT2D eigenvalue weighted by molar-refractivity contribution is 6.33. The maximum absolute atomic E-state index is 12.6. The highest BCUT2D eigenvalue weighted by Crippen LogP contribution is 2.33. The van der Waals surface area contributed by atoms with Crippen molar-refractivity contribution in [2.75, 3.05) is 23.8 Å². The van der Waals surface area contributed by atoms with Crippen molar-refractivity contribution >= 4 is 34.7 Å². The van der Waals surface area contributed by atoms with Gasteiger partial charge in [-0.05, 0) is 31.2 Å². The van der Waals surface area contributed by atoms with E-state index in [1.165, 1.54) is 0 Å². The van der Waals surface area contributed by atoms with Gasteiger partial charge >= 0.3 is 0 Å². The molecule has 2 heterocycles. The minimum absolute atomic E-state index is 0.229. The van der Waals surface area contributed by atoms with E-state index in [9.17, 15) is 4.79 Å². The van der Waals surface area contributed by atoms with Crippen LogP contribution in [0.1, 0.15) is 16.3 Å². The normalized spacial score (nSPS) is 12.4. The summed E-state index contributed by atoms with van der Waals surface area (Å²) in [4.78, 5) is 21.2. The van der Waals surface area contributed by atoms with Crippen molar-refractivity contribution in [2.24, 2.45) is 0 Å². The van der Waals surface area contributed by atoms with Gasteiger partial charge in [0.15, 0.2) is 11.5 Å². The van der Waals surface area contributed by atoms with Crippen LogP contribution in [0.25, 0.3) is 0 Å². The van der Waals surface area contributed by atoms with Crippen molar-refractivity contribution in [3.63, 3.8) is 0 Å². The van der Waals surface area contributed by atoms with Crippen molar-refractivity contribution in [1.82, 2.24) is 9.97 Å². The molecule has 1 aromatic heterocycles. The molecule has 1 aliphatic rings. The van der Waals surface area contributed by atoms with Gasteiger partial charge in [0.25, 0.3) is 5.91 Å². The van der Waals surface area contributed by atoms with E-state index in [1.54, 1.807) is 37.3 Å². The van der Waals surface area contributed by atoms with E-state index in [2.05, 4.69) is 20.6 Å². The summed E-state index contributed by atoms with van der Waals surface area (Å²) in [5.74, 6) is 1.96. The number of anilines is 3. The molecule has 4 rings (SSSR count). The Morgan fingerprint density at radius 1 is 1.04 bits per heavy atom. The van der Waals surface area contributed by atoms with Crippen LogP contribution in [-0.4, -0.2) is 29.1 Å². The number of halogens is 1. The zero-order valence-electron chi connectivity index (χ0n) is 15.0. The van der Waals surface area contributed by atoms with Crippen LogP contribution in [0.4, 0.5) is 17.2 Å². The minimum atomic E-state index is -0.371. The highest BCUT2D eigenvalue weighted by Gasteiger charge is 2.14. The summed E-state index contributed by atoms with van der Waals surface area (Å²) in [6.45, 7) is 2.77. The summed E-state index contributed by atoms with van der Waals surface area (Å²) < 4.78 is 11.1. The number of aromatic nitrogens is 2. The number of carbonyl (C=O) groups is 1. The molecule has 1 amide bonds. The lowest BCUT2D eigenvalue weighted by Crippen LogP contribution is -2.16. The van der Waals surface area contributed by atoms with Crippen LogP contribution < -0.4 is 20.1 Å². The van der Waals surface area contributed by atoms with Gasteiger partial charge in [0.05, 0.1) is 10.7 Å². The Morgan fingerprint density at radius 3 is 2.64 bits per heavy atom. The fourth-order valence-electron chi connectivity index (χ4n) is 2.77. The molecule has 8 heteroatoms. The second-order valence-corrected chi connectivity index (χ2v) is 6.51. The molecule has 0 atom stereocenters. The fraction of sp³-hybridized carbons (Fsp3) is 0.150. The third kappa shape index (κ3) is 3.99. The van der Waals surface area contributed by atoms with Gasteiger partial charge in [0, 0.05) is 17.8 Å². The second kappa shape index (κ2) is 7.74. The molecular weight excluding hydrogens is 380 g/mol. The van der Waals surface area contributed by atoms with Crippen molar-refractivity contribution < 1.29 is 14.3 Å². The Kier molecular flexibility index (Phi) is 4.99. The van der Waals surface area contributed by atoms with Crippen LogP contribution in [0.2, 0.25) is 5.02 Å². The number of nitrogens with zero attached hydrogens (tertiary/aromatic N) is 2. The number of benzene rings is 2. The standard InChI is InChI=1S/C20H17ClN4O3/c1-12-22-16(20(26)25-15-5-3-2-4-14(15)21)11-19(23-12)24-13-6-7-17-18(10-13)28-9-8-27-17/h2-7,10-11H,8-9H2,1H3,(H,25,26)(H,22,23,24). The predicted molar refractivity (Wildman–Crippen MR) is 107 cm³/mol. The van der Waals surface area contributed by atoms with E-state index in [-0.39, 0.29) is 11.6 Å². The number of aryl methyl sites for hydroxylation is 1. The maximum Gasteiger partial charge on any atom is 0.274 e. The van der Waals surface area contributed by atoms with Crippen molar-refractivity contribution in [2.45, 2.75) is 6.92 Å². The largest absolute Gasteiger partial charge is 0.486 e. The van der Waals surface area contributed by atoms with Crippen molar-refractivity contribution in [1.29, 1.82) is 0 Å². The molecule has 0 unspecified atom stereocenters. The van der Waals surface area contributed by atoms with Gasteiger partial charge in [0.1, 0.15) is 30.5 Å². The average molecular weight is 397 g/mol. The number of fused-ring (bicyclic) bond motifs is 1. The molecule has 28 heavy (non-hydrogen) atoms. The fourth-order valence-corrected chi connectivity index (χ4v) is 2.95. The topological polar surface area (TPSA) is 85.4 Å². The molecule has 0 radical (unpaired) electrons. The molecule has 2 aromatic carbocycles. The number of rotatable bonds is 4. The van der Waals surface area contributed by atoms with Crippen LogP contribution in [-0.2, 0) is 0 Å². The molecule has 0 aliphatic carbocycles. The van der Waals surface area contributed by atoms with E-state index < -0.39 is 0 Å². The molecular formula is C20H17ClN4O3. The Balaban J connectivity index is 1.55. The van der Waals surface area contributed by atoms with Gasteiger partial charge in [0.2, 0.25) is 0 Å². The first-order valence-corrected chi connectivity index (χ1v) is 9.04. The van der Waals surface area contributed by atoms with Crippen LogP contribution in [0, 0.1) is 6.92 Å². The molecule has 0 fully saturated rings. The van der Waals surface area contributed by atoms with E-state index in [0.717, 1.165) is 5.69 Å². The minimum Gasteiger partial charge on any atom is -0.486 e. The monoisotopic (exact) mass is 396 g/mol. The van der Waals surface area contributed by atoms with Crippen LogP contribution in [0.3, 0.4) is 0 Å². The molecule has 7 nitrogen and oxygen atoms in total. The van der Waals surface area contributed by atoms with Crippen LogP contribution in [0.15, 0.2) is 48.5 Å². The van der Waals surface area contributed by atoms with E-state index in [4.69, 9.17) is 21.1 Å².